The van der Waals surface area contributed by atoms with E-state index in [1.807, 2.05) is 22.6 Å². The minimum atomic E-state index is 0.615. The van der Waals surface area contributed by atoms with Crippen molar-refractivity contribution < 1.29 is 0 Å². The number of aryl methyl sites for hydroxylation is 2. The van der Waals surface area contributed by atoms with Gasteiger partial charge >= 0.3 is 0 Å². The van der Waals surface area contributed by atoms with Gasteiger partial charge in [-0.25, -0.2) is 0 Å². The summed E-state index contributed by atoms with van der Waals surface area (Å²) in [5, 5.41) is 8.06. The molecule has 0 spiro atoms. The molecule has 1 heterocycles. The van der Waals surface area contributed by atoms with Crippen LogP contribution in [0.3, 0.4) is 0 Å². The minimum absolute atomic E-state index is 0.615. The van der Waals surface area contributed by atoms with Crippen molar-refractivity contribution in [2.45, 2.75) is 26.3 Å². The molecule has 0 aliphatic rings. The van der Waals surface area contributed by atoms with Crippen molar-refractivity contribution in [3.05, 3.63) is 11.9 Å². The van der Waals surface area contributed by atoms with Gasteiger partial charge in [-0.05, 0) is 17.9 Å². The summed E-state index contributed by atoms with van der Waals surface area (Å²) < 4.78 is 1.90. The lowest BCUT2D eigenvalue weighted by atomic mass is 10.4. The zero-order valence-electron chi connectivity index (χ0n) is 8.45. The Morgan fingerprint density at radius 2 is 2.43 bits per heavy atom. The van der Waals surface area contributed by atoms with Gasteiger partial charge in [0.2, 0.25) is 0 Å². The Kier molecular flexibility index (Phi) is 6.03. The molecule has 0 saturated heterocycles. The third-order valence-electron chi connectivity index (χ3n) is 1.82. The summed E-state index contributed by atoms with van der Waals surface area (Å²) in [4.78, 5) is 0. The SMILES string of the molecule is CCSCCCn1cc(CCCl)nn1. The van der Waals surface area contributed by atoms with Crippen LogP contribution in [-0.4, -0.2) is 32.4 Å². The van der Waals surface area contributed by atoms with E-state index in [0.717, 1.165) is 25.1 Å². The molecular formula is C9H16ClN3S. The van der Waals surface area contributed by atoms with Crippen LogP contribution in [0.1, 0.15) is 19.0 Å². The number of thioether (sulfide) groups is 1. The Labute approximate surface area is 94.2 Å². The summed E-state index contributed by atoms with van der Waals surface area (Å²) >= 11 is 7.57. The normalized spacial score (nSPS) is 10.7. The Morgan fingerprint density at radius 3 is 3.14 bits per heavy atom. The molecule has 0 N–H and O–H groups in total. The van der Waals surface area contributed by atoms with Gasteiger partial charge in [0.25, 0.3) is 0 Å². The highest BCUT2D eigenvalue weighted by Crippen LogP contribution is 2.03. The van der Waals surface area contributed by atoms with Crippen LogP contribution < -0.4 is 0 Å². The van der Waals surface area contributed by atoms with Crippen molar-refractivity contribution in [3.8, 4) is 0 Å². The molecule has 0 unspecified atom stereocenters. The molecule has 0 amide bonds. The maximum absolute atomic E-state index is 5.61. The number of hydrogen-bond acceptors (Lipinski definition) is 3. The zero-order valence-corrected chi connectivity index (χ0v) is 10.0. The molecule has 0 aliphatic carbocycles. The van der Waals surface area contributed by atoms with Gasteiger partial charge in [0.1, 0.15) is 0 Å². The Bertz CT molecular complexity index is 252. The first kappa shape index (κ1) is 11.9. The van der Waals surface area contributed by atoms with Gasteiger partial charge in [0.15, 0.2) is 0 Å². The van der Waals surface area contributed by atoms with E-state index in [0.29, 0.717) is 5.88 Å². The van der Waals surface area contributed by atoms with Crippen LogP contribution in [0.5, 0.6) is 0 Å². The molecule has 80 valence electrons. The smallest absolute Gasteiger partial charge is 0.0839 e. The molecule has 0 saturated carbocycles. The van der Waals surface area contributed by atoms with Crippen LogP contribution in [-0.2, 0) is 13.0 Å². The standard InChI is InChI=1S/C9H16ClN3S/c1-2-14-7-3-6-13-8-9(4-5-10)11-12-13/h8H,2-7H2,1H3. The highest BCUT2D eigenvalue weighted by Gasteiger charge is 1.99. The van der Waals surface area contributed by atoms with Gasteiger partial charge < -0.3 is 0 Å². The van der Waals surface area contributed by atoms with E-state index < -0.39 is 0 Å². The van der Waals surface area contributed by atoms with E-state index in [1.54, 1.807) is 0 Å². The van der Waals surface area contributed by atoms with E-state index in [-0.39, 0.29) is 0 Å². The van der Waals surface area contributed by atoms with Gasteiger partial charge in [-0.15, -0.1) is 16.7 Å². The topological polar surface area (TPSA) is 30.7 Å². The predicted molar refractivity (Wildman–Crippen MR) is 62.1 cm³/mol. The lowest BCUT2D eigenvalue weighted by Gasteiger charge is -1.98. The summed E-state index contributed by atoms with van der Waals surface area (Å²) in [5.74, 6) is 3.00. The summed E-state index contributed by atoms with van der Waals surface area (Å²) in [6.45, 7) is 3.14. The summed E-state index contributed by atoms with van der Waals surface area (Å²) in [6, 6.07) is 0. The van der Waals surface area contributed by atoms with Crippen molar-refractivity contribution in [1.82, 2.24) is 15.0 Å². The Hall–Kier alpha value is -0.220. The molecule has 0 aliphatic heterocycles. The molecule has 0 radical (unpaired) electrons. The molecule has 1 rings (SSSR count). The number of aromatic nitrogens is 3. The molecule has 0 bridgehead atoms. The van der Waals surface area contributed by atoms with E-state index in [2.05, 4.69) is 17.2 Å². The molecular weight excluding hydrogens is 218 g/mol. The van der Waals surface area contributed by atoms with Crippen LogP contribution >= 0.6 is 23.4 Å². The van der Waals surface area contributed by atoms with E-state index in [1.165, 1.54) is 11.5 Å². The third kappa shape index (κ3) is 4.33. The summed E-state index contributed by atoms with van der Waals surface area (Å²) in [5.41, 5.74) is 0.989. The van der Waals surface area contributed by atoms with Gasteiger partial charge in [-0.1, -0.05) is 12.1 Å². The summed E-state index contributed by atoms with van der Waals surface area (Å²) in [6.07, 6.45) is 3.95. The second kappa shape index (κ2) is 7.12. The average molecular weight is 234 g/mol. The number of rotatable bonds is 7. The first-order valence-electron chi connectivity index (χ1n) is 4.89. The lowest BCUT2D eigenvalue weighted by molar-refractivity contribution is 0.582. The van der Waals surface area contributed by atoms with Crippen LogP contribution in [0.4, 0.5) is 0 Å². The molecule has 0 aromatic carbocycles. The van der Waals surface area contributed by atoms with E-state index in [4.69, 9.17) is 11.6 Å². The third-order valence-corrected chi connectivity index (χ3v) is 2.99. The zero-order chi connectivity index (χ0) is 10.2. The van der Waals surface area contributed by atoms with Gasteiger partial charge in [-0.2, -0.15) is 11.8 Å². The molecule has 5 heteroatoms. The molecule has 1 aromatic rings. The summed E-state index contributed by atoms with van der Waals surface area (Å²) in [7, 11) is 0. The van der Waals surface area contributed by atoms with Crippen molar-refractivity contribution in [2.75, 3.05) is 17.4 Å². The number of halogens is 1. The minimum Gasteiger partial charge on any atom is -0.252 e. The first-order chi connectivity index (χ1) is 6.86. The van der Waals surface area contributed by atoms with Crippen molar-refractivity contribution >= 4 is 23.4 Å². The number of alkyl halides is 1. The fourth-order valence-electron chi connectivity index (χ4n) is 1.13. The monoisotopic (exact) mass is 233 g/mol. The number of hydrogen-bond donors (Lipinski definition) is 0. The van der Waals surface area contributed by atoms with Crippen LogP contribution in [0.15, 0.2) is 6.20 Å². The van der Waals surface area contributed by atoms with Crippen molar-refractivity contribution in [3.63, 3.8) is 0 Å². The van der Waals surface area contributed by atoms with E-state index >= 15 is 0 Å². The fraction of sp³-hybridized carbons (Fsp3) is 0.778. The quantitative estimate of drug-likeness (QED) is 0.535. The maximum Gasteiger partial charge on any atom is 0.0839 e. The highest BCUT2D eigenvalue weighted by molar-refractivity contribution is 7.99. The van der Waals surface area contributed by atoms with Crippen molar-refractivity contribution in [2.24, 2.45) is 0 Å². The first-order valence-corrected chi connectivity index (χ1v) is 6.58. The Balaban J connectivity index is 2.22. The maximum atomic E-state index is 5.61. The Morgan fingerprint density at radius 1 is 1.57 bits per heavy atom. The molecule has 3 nitrogen and oxygen atoms in total. The molecule has 1 aromatic heterocycles. The predicted octanol–water partition coefficient (Wildman–Crippen LogP) is 2.20. The fourth-order valence-corrected chi connectivity index (χ4v) is 1.95. The van der Waals surface area contributed by atoms with Gasteiger partial charge in [-0.3, -0.25) is 4.68 Å². The van der Waals surface area contributed by atoms with Gasteiger partial charge in [0, 0.05) is 25.0 Å². The van der Waals surface area contributed by atoms with Crippen LogP contribution in [0.25, 0.3) is 0 Å². The van der Waals surface area contributed by atoms with E-state index in [9.17, 15) is 0 Å². The lowest BCUT2D eigenvalue weighted by Crippen LogP contribution is -1.99. The highest BCUT2D eigenvalue weighted by atomic mass is 35.5. The van der Waals surface area contributed by atoms with Gasteiger partial charge in [0.05, 0.1) is 5.69 Å². The molecule has 14 heavy (non-hydrogen) atoms. The van der Waals surface area contributed by atoms with Crippen molar-refractivity contribution in [1.29, 1.82) is 0 Å². The largest absolute Gasteiger partial charge is 0.252 e. The second-order valence-corrected chi connectivity index (χ2v) is 4.73. The number of nitrogens with zero attached hydrogens (tertiary/aromatic N) is 3. The van der Waals surface area contributed by atoms with Crippen LogP contribution in [0, 0.1) is 0 Å². The molecule has 0 atom stereocenters. The second-order valence-electron chi connectivity index (χ2n) is 2.96. The molecule has 0 fully saturated rings. The van der Waals surface area contributed by atoms with Crippen LogP contribution in [0.2, 0.25) is 0 Å². The average Bonchev–Trinajstić information content (AvgIpc) is 2.61.